The summed E-state index contributed by atoms with van der Waals surface area (Å²) in [5, 5.41) is 0. The van der Waals surface area contributed by atoms with Gasteiger partial charge in [-0.2, -0.15) is 0 Å². The van der Waals surface area contributed by atoms with Gasteiger partial charge >= 0.3 is 0 Å². The smallest absolute Gasteiger partial charge is 0.172 e. The summed E-state index contributed by atoms with van der Waals surface area (Å²) >= 11 is 0. The quantitative estimate of drug-likeness (QED) is 0.0497. The predicted octanol–water partition coefficient (Wildman–Crippen LogP) is 18.5. The van der Waals surface area contributed by atoms with Crippen LogP contribution in [0.3, 0.4) is 0 Å². The summed E-state index contributed by atoms with van der Waals surface area (Å²) in [5.41, 5.74) is 2.60. The van der Waals surface area contributed by atoms with Gasteiger partial charge in [0, 0.05) is 25.7 Å². The number of unbranched alkanes of at least 4 members (excludes halogenated alkanes) is 20. The van der Waals surface area contributed by atoms with Crippen LogP contribution in [0.25, 0.3) is 0 Å². The highest BCUT2D eigenvalue weighted by molar-refractivity contribution is 5.19. The average molecular weight is 791 g/mol. The van der Waals surface area contributed by atoms with E-state index in [0.29, 0.717) is 0 Å². The molecule has 0 amide bonds. The largest absolute Gasteiger partial charge is 0.342 e. The van der Waals surface area contributed by atoms with Gasteiger partial charge in [0.15, 0.2) is 11.6 Å². The van der Waals surface area contributed by atoms with Gasteiger partial charge in [0.25, 0.3) is 0 Å². The van der Waals surface area contributed by atoms with Crippen molar-refractivity contribution in [2.45, 2.75) is 271 Å². The van der Waals surface area contributed by atoms with Gasteiger partial charge in [0.2, 0.25) is 0 Å². The molecule has 0 radical (unpaired) electrons. The van der Waals surface area contributed by atoms with Crippen LogP contribution < -0.4 is 0 Å². The normalized spacial score (nSPS) is 15.0. The minimum absolute atomic E-state index is 0.00572. The molecule has 0 fully saturated rings. The zero-order valence-electron chi connectivity index (χ0n) is 38.8. The number of rotatable bonds is 40. The van der Waals surface area contributed by atoms with Gasteiger partial charge in [0.1, 0.15) is 0 Å². The van der Waals surface area contributed by atoms with Crippen molar-refractivity contribution in [3.63, 3.8) is 0 Å². The van der Waals surface area contributed by atoms with Crippen molar-refractivity contribution in [1.82, 2.24) is 0 Å². The summed E-state index contributed by atoms with van der Waals surface area (Å²) in [6.07, 6.45) is 37.8. The number of benzene rings is 2. The molecule has 0 aliphatic rings. The molecule has 3 nitrogen and oxygen atoms in total. The standard InChI is InChI=1S/C54H94O3/c1-7-13-19-25-37-47-53(45-35-23-17-11-5,55-51(43-33-21-15-9-3)49-39-29-27-30-40-49)57-54(46-36-24-18-12-6,48-38-26-20-14-8-2)56-52(44-34-22-16-10-4)50-41-31-28-32-42-50/h27-32,39-42,51-52H,7-26,33-38,43-48H2,1-6H3. The number of hydrogen-bond acceptors (Lipinski definition) is 3. The number of hydrogen-bond donors (Lipinski definition) is 0. The lowest BCUT2D eigenvalue weighted by Crippen LogP contribution is -2.49. The number of ether oxygens (including phenoxy) is 3. The maximum atomic E-state index is 8.11. The summed E-state index contributed by atoms with van der Waals surface area (Å²) in [6.45, 7) is 13.9. The van der Waals surface area contributed by atoms with E-state index in [9.17, 15) is 0 Å². The Morgan fingerprint density at radius 2 is 0.596 bits per heavy atom. The van der Waals surface area contributed by atoms with E-state index in [1.165, 1.54) is 152 Å². The van der Waals surface area contributed by atoms with Crippen molar-refractivity contribution >= 4 is 0 Å². The third-order valence-electron chi connectivity index (χ3n) is 12.2. The molecule has 0 N–H and O–H groups in total. The van der Waals surface area contributed by atoms with Crippen molar-refractivity contribution in [2.24, 2.45) is 0 Å². The first-order chi connectivity index (χ1) is 28.0. The summed E-state index contributed by atoms with van der Waals surface area (Å²) in [5.74, 6) is -1.41. The molecule has 328 valence electrons. The Balaban J connectivity index is 2.78. The Bertz CT molecular complexity index is 1050. The summed E-state index contributed by atoms with van der Waals surface area (Å²) in [7, 11) is 0. The molecular weight excluding hydrogens is 697 g/mol. The molecule has 0 saturated heterocycles. The summed E-state index contributed by atoms with van der Waals surface area (Å²) in [6, 6.07) is 22.3. The van der Waals surface area contributed by atoms with E-state index < -0.39 is 11.6 Å². The van der Waals surface area contributed by atoms with Gasteiger partial charge in [0.05, 0.1) is 12.2 Å². The lowest BCUT2D eigenvalue weighted by Gasteiger charge is -2.47. The topological polar surface area (TPSA) is 27.7 Å². The second-order valence-corrected chi connectivity index (χ2v) is 17.6. The molecule has 57 heavy (non-hydrogen) atoms. The SMILES string of the molecule is CCCCCCCC(CCCCCC)(OC(CCCCCC)c1ccccc1)OC(CCCCCC)(CCCCCCC)OC(CCCCCC)c1ccccc1. The third-order valence-corrected chi connectivity index (χ3v) is 12.2. The molecule has 2 rings (SSSR count). The Morgan fingerprint density at radius 3 is 0.895 bits per heavy atom. The molecule has 0 spiro atoms. The molecule has 0 bridgehead atoms. The first-order valence-electron chi connectivity index (χ1n) is 25.2. The average Bonchev–Trinajstić information content (AvgIpc) is 3.24. The van der Waals surface area contributed by atoms with E-state index >= 15 is 0 Å². The van der Waals surface area contributed by atoms with Gasteiger partial charge in [-0.25, -0.2) is 0 Å². The molecule has 3 heteroatoms. The molecule has 4 unspecified atom stereocenters. The summed E-state index contributed by atoms with van der Waals surface area (Å²) in [4.78, 5) is 0. The minimum atomic E-state index is -0.706. The van der Waals surface area contributed by atoms with E-state index in [2.05, 4.69) is 102 Å². The molecule has 0 aliphatic heterocycles. The molecule has 0 heterocycles. The first kappa shape index (κ1) is 51.5. The van der Waals surface area contributed by atoms with Crippen molar-refractivity contribution in [3.05, 3.63) is 71.8 Å². The molecule has 0 aliphatic carbocycles. The van der Waals surface area contributed by atoms with Crippen LogP contribution in [-0.4, -0.2) is 11.6 Å². The predicted molar refractivity (Wildman–Crippen MR) is 249 cm³/mol. The minimum Gasteiger partial charge on any atom is -0.342 e. The fourth-order valence-electron chi connectivity index (χ4n) is 8.67. The molecule has 0 saturated carbocycles. The van der Waals surface area contributed by atoms with Crippen LogP contribution in [0.2, 0.25) is 0 Å². The van der Waals surface area contributed by atoms with Gasteiger partial charge < -0.3 is 14.2 Å². The summed E-state index contributed by atoms with van der Waals surface area (Å²) < 4.78 is 23.7. The van der Waals surface area contributed by atoms with Crippen LogP contribution in [0.1, 0.15) is 270 Å². The van der Waals surface area contributed by atoms with Crippen molar-refractivity contribution < 1.29 is 14.2 Å². The zero-order valence-corrected chi connectivity index (χ0v) is 38.8. The van der Waals surface area contributed by atoms with E-state index in [0.717, 1.165) is 64.2 Å². The zero-order chi connectivity index (χ0) is 41.1. The lowest BCUT2D eigenvalue weighted by molar-refractivity contribution is -0.389. The van der Waals surface area contributed by atoms with E-state index in [-0.39, 0.29) is 12.2 Å². The van der Waals surface area contributed by atoms with Crippen LogP contribution in [0, 0.1) is 0 Å². The van der Waals surface area contributed by atoms with Crippen molar-refractivity contribution in [2.75, 3.05) is 0 Å². The Hall–Kier alpha value is -1.68. The fourth-order valence-corrected chi connectivity index (χ4v) is 8.67. The van der Waals surface area contributed by atoms with Crippen LogP contribution in [0.5, 0.6) is 0 Å². The highest BCUT2D eigenvalue weighted by atomic mass is 16.8. The Morgan fingerprint density at radius 1 is 0.333 bits per heavy atom. The Labute approximate surface area is 355 Å². The third kappa shape index (κ3) is 23.0. The lowest BCUT2D eigenvalue weighted by atomic mass is 9.94. The fraction of sp³-hybridized carbons (Fsp3) is 0.778. The second kappa shape index (κ2) is 34.1. The molecule has 2 aromatic carbocycles. The monoisotopic (exact) mass is 791 g/mol. The highest BCUT2D eigenvalue weighted by Gasteiger charge is 2.45. The van der Waals surface area contributed by atoms with E-state index in [1.807, 2.05) is 0 Å². The Kier molecular flexibility index (Phi) is 30.8. The van der Waals surface area contributed by atoms with Gasteiger partial charge in [-0.05, 0) is 49.7 Å². The highest BCUT2D eigenvalue weighted by Crippen LogP contribution is 2.45. The van der Waals surface area contributed by atoms with Crippen LogP contribution in [-0.2, 0) is 14.2 Å². The van der Waals surface area contributed by atoms with Crippen LogP contribution in [0.4, 0.5) is 0 Å². The molecule has 2 aromatic rings. The van der Waals surface area contributed by atoms with Gasteiger partial charge in [-0.3, -0.25) is 0 Å². The van der Waals surface area contributed by atoms with Gasteiger partial charge in [-0.15, -0.1) is 0 Å². The van der Waals surface area contributed by atoms with E-state index in [1.54, 1.807) is 0 Å². The molecule has 0 aromatic heterocycles. The van der Waals surface area contributed by atoms with E-state index in [4.69, 9.17) is 14.2 Å². The molecule has 4 atom stereocenters. The first-order valence-corrected chi connectivity index (χ1v) is 25.2. The molecular formula is C54H94O3. The maximum Gasteiger partial charge on any atom is 0.172 e. The van der Waals surface area contributed by atoms with Crippen LogP contribution >= 0.6 is 0 Å². The van der Waals surface area contributed by atoms with Crippen molar-refractivity contribution in [3.8, 4) is 0 Å². The van der Waals surface area contributed by atoms with Gasteiger partial charge in [-0.1, -0.05) is 243 Å². The van der Waals surface area contributed by atoms with Crippen LogP contribution in [0.15, 0.2) is 60.7 Å². The maximum absolute atomic E-state index is 8.11. The second-order valence-electron chi connectivity index (χ2n) is 17.6. The van der Waals surface area contributed by atoms with Crippen molar-refractivity contribution in [1.29, 1.82) is 0 Å².